The summed E-state index contributed by atoms with van der Waals surface area (Å²) in [4.78, 5) is 15.9. The van der Waals surface area contributed by atoms with Crippen LogP contribution in [0.25, 0.3) is 11.0 Å². The Kier molecular flexibility index (Phi) is 3.08. The van der Waals surface area contributed by atoms with Crippen LogP contribution >= 0.6 is 0 Å². The molecule has 0 fully saturated rings. The first kappa shape index (κ1) is 11.6. The van der Waals surface area contributed by atoms with Crippen molar-refractivity contribution in [2.75, 3.05) is 5.32 Å². The maximum atomic E-state index is 11.6. The average Bonchev–Trinajstić information content (AvgIpc) is 2.59. The zero-order chi connectivity index (χ0) is 12.4. The van der Waals surface area contributed by atoms with Gasteiger partial charge < -0.3 is 5.32 Å². The summed E-state index contributed by atoms with van der Waals surface area (Å²) in [5, 5.41) is 10.5. The molecule has 90 valence electrons. The number of carbonyl (C=O) groups excluding carboxylic acids is 1. The van der Waals surface area contributed by atoms with Crippen LogP contribution in [0.2, 0.25) is 0 Å². The molecule has 2 heterocycles. The van der Waals surface area contributed by atoms with Crippen LogP contribution in [0.4, 0.5) is 5.82 Å². The van der Waals surface area contributed by atoms with Gasteiger partial charge in [0.05, 0.1) is 5.39 Å². The Morgan fingerprint density at radius 3 is 2.94 bits per heavy atom. The molecule has 0 saturated carbocycles. The quantitative estimate of drug-likeness (QED) is 0.852. The zero-order valence-corrected chi connectivity index (χ0v) is 10.2. The number of hydrogen-bond acceptors (Lipinski definition) is 3. The van der Waals surface area contributed by atoms with Gasteiger partial charge in [-0.15, -0.1) is 0 Å². The van der Waals surface area contributed by atoms with E-state index in [0.717, 1.165) is 11.1 Å². The summed E-state index contributed by atoms with van der Waals surface area (Å²) in [6.45, 7) is 5.93. The minimum atomic E-state index is -0.0195. The summed E-state index contributed by atoms with van der Waals surface area (Å²) in [5.41, 5.74) is 1.62. The fraction of sp³-hybridized carbons (Fsp3) is 0.417. The number of H-pyrrole nitrogens is 1. The number of carbonyl (C=O) groups is 1. The van der Waals surface area contributed by atoms with Crippen LogP contribution < -0.4 is 5.32 Å². The lowest BCUT2D eigenvalue weighted by Crippen LogP contribution is -2.14. The van der Waals surface area contributed by atoms with Gasteiger partial charge in [0.1, 0.15) is 0 Å². The predicted octanol–water partition coefficient (Wildman–Crippen LogP) is 2.25. The van der Waals surface area contributed by atoms with E-state index < -0.39 is 0 Å². The lowest BCUT2D eigenvalue weighted by Gasteiger charge is -2.04. The Balaban J connectivity index is 2.22. The van der Waals surface area contributed by atoms with E-state index in [0.29, 0.717) is 23.8 Å². The van der Waals surface area contributed by atoms with E-state index in [1.165, 1.54) is 0 Å². The second kappa shape index (κ2) is 4.53. The van der Waals surface area contributed by atoms with Crippen molar-refractivity contribution in [1.29, 1.82) is 0 Å². The van der Waals surface area contributed by atoms with Crippen LogP contribution in [0.3, 0.4) is 0 Å². The van der Waals surface area contributed by atoms with E-state index in [9.17, 15) is 4.79 Å². The molecule has 0 aromatic carbocycles. The summed E-state index contributed by atoms with van der Waals surface area (Å²) in [6.07, 6.45) is 0.494. The molecule has 0 aliphatic heterocycles. The molecule has 2 N–H and O–H groups in total. The molecule has 0 saturated heterocycles. The number of amides is 1. The largest absolute Gasteiger partial charge is 0.309 e. The molecule has 2 aromatic rings. The van der Waals surface area contributed by atoms with Gasteiger partial charge >= 0.3 is 0 Å². The van der Waals surface area contributed by atoms with E-state index in [1.807, 2.05) is 32.9 Å². The van der Waals surface area contributed by atoms with Crippen molar-refractivity contribution >= 4 is 22.8 Å². The number of aromatic amines is 1. The third kappa shape index (κ3) is 2.61. The average molecular weight is 232 g/mol. The second-order valence-corrected chi connectivity index (χ2v) is 4.57. The highest BCUT2D eigenvalue weighted by Gasteiger charge is 2.11. The minimum absolute atomic E-state index is 0.0195. The van der Waals surface area contributed by atoms with Gasteiger partial charge in [-0.25, -0.2) is 4.98 Å². The normalized spacial score (nSPS) is 11.1. The number of hydrogen-bond donors (Lipinski definition) is 2. The first-order valence-electron chi connectivity index (χ1n) is 5.68. The number of aryl methyl sites for hydroxylation is 1. The monoisotopic (exact) mass is 232 g/mol. The Morgan fingerprint density at radius 2 is 2.24 bits per heavy atom. The van der Waals surface area contributed by atoms with Gasteiger partial charge in [0.25, 0.3) is 0 Å². The van der Waals surface area contributed by atoms with E-state index >= 15 is 0 Å². The van der Waals surface area contributed by atoms with Gasteiger partial charge in [0.15, 0.2) is 11.5 Å². The molecular weight excluding hydrogens is 216 g/mol. The van der Waals surface area contributed by atoms with Gasteiger partial charge in [-0.3, -0.25) is 9.89 Å². The summed E-state index contributed by atoms with van der Waals surface area (Å²) >= 11 is 0. The van der Waals surface area contributed by atoms with Gasteiger partial charge in [0, 0.05) is 12.1 Å². The molecule has 17 heavy (non-hydrogen) atoms. The molecule has 2 aromatic heterocycles. The second-order valence-electron chi connectivity index (χ2n) is 4.57. The minimum Gasteiger partial charge on any atom is -0.309 e. The summed E-state index contributed by atoms with van der Waals surface area (Å²) in [7, 11) is 0. The number of aromatic nitrogens is 3. The molecule has 5 nitrogen and oxygen atoms in total. The molecule has 5 heteroatoms. The molecule has 0 aliphatic rings. The summed E-state index contributed by atoms with van der Waals surface area (Å²) in [6, 6.07) is 3.81. The van der Waals surface area contributed by atoms with Crippen LogP contribution in [0.1, 0.15) is 26.0 Å². The Labute approximate surface area is 99.6 Å². The lowest BCUT2D eigenvalue weighted by atomic mass is 10.1. The highest BCUT2D eigenvalue weighted by molar-refractivity contribution is 5.98. The van der Waals surface area contributed by atoms with Crippen molar-refractivity contribution in [1.82, 2.24) is 15.2 Å². The SMILES string of the molecule is Cc1ccc2c(NC(=O)CC(C)C)n[nH]c2n1. The maximum absolute atomic E-state index is 11.6. The number of nitrogens with zero attached hydrogens (tertiary/aromatic N) is 2. The van der Waals surface area contributed by atoms with Crippen molar-refractivity contribution in [2.45, 2.75) is 27.2 Å². The van der Waals surface area contributed by atoms with E-state index in [4.69, 9.17) is 0 Å². The molecule has 2 rings (SSSR count). The number of pyridine rings is 1. The van der Waals surface area contributed by atoms with Gasteiger partial charge in [-0.2, -0.15) is 5.10 Å². The standard InChI is InChI=1S/C12H16N4O/c1-7(2)6-10(17)14-12-9-5-4-8(3)13-11(9)15-16-12/h4-5,7H,6H2,1-3H3,(H2,13,14,15,16,17). The van der Waals surface area contributed by atoms with Crippen molar-refractivity contribution in [3.63, 3.8) is 0 Å². The van der Waals surface area contributed by atoms with Crippen LogP contribution in [0, 0.1) is 12.8 Å². The van der Waals surface area contributed by atoms with Crippen LogP contribution in [-0.2, 0) is 4.79 Å². The Bertz CT molecular complexity index is 544. The van der Waals surface area contributed by atoms with Crippen LogP contribution in [0.5, 0.6) is 0 Å². The molecular formula is C12H16N4O. The molecule has 0 spiro atoms. The Morgan fingerprint density at radius 1 is 1.47 bits per heavy atom. The Hall–Kier alpha value is -1.91. The molecule has 0 bridgehead atoms. The number of anilines is 1. The summed E-state index contributed by atoms with van der Waals surface area (Å²) < 4.78 is 0. The number of fused-ring (bicyclic) bond motifs is 1. The van der Waals surface area contributed by atoms with E-state index in [1.54, 1.807) is 0 Å². The van der Waals surface area contributed by atoms with Crippen molar-refractivity contribution < 1.29 is 4.79 Å². The number of rotatable bonds is 3. The first-order chi connectivity index (χ1) is 8.06. The van der Waals surface area contributed by atoms with Gasteiger partial charge in [-0.05, 0) is 25.0 Å². The fourth-order valence-corrected chi connectivity index (χ4v) is 1.65. The van der Waals surface area contributed by atoms with Crippen LogP contribution in [-0.4, -0.2) is 21.1 Å². The molecule has 0 unspecified atom stereocenters. The number of nitrogens with one attached hydrogen (secondary N) is 2. The molecule has 1 amide bonds. The van der Waals surface area contributed by atoms with Crippen LogP contribution in [0.15, 0.2) is 12.1 Å². The highest BCUT2D eigenvalue weighted by atomic mass is 16.1. The van der Waals surface area contributed by atoms with E-state index in [-0.39, 0.29) is 5.91 Å². The molecule has 0 atom stereocenters. The fourth-order valence-electron chi connectivity index (χ4n) is 1.65. The first-order valence-corrected chi connectivity index (χ1v) is 5.68. The van der Waals surface area contributed by atoms with Crippen molar-refractivity contribution in [2.24, 2.45) is 5.92 Å². The van der Waals surface area contributed by atoms with E-state index in [2.05, 4.69) is 20.5 Å². The van der Waals surface area contributed by atoms with Crippen molar-refractivity contribution in [3.8, 4) is 0 Å². The summed E-state index contributed by atoms with van der Waals surface area (Å²) in [5.74, 6) is 0.868. The zero-order valence-electron chi connectivity index (χ0n) is 10.2. The highest BCUT2D eigenvalue weighted by Crippen LogP contribution is 2.19. The lowest BCUT2D eigenvalue weighted by molar-refractivity contribution is -0.116. The van der Waals surface area contributed by atoms with Gasteiger partial charge in [-0.1, -0.05) is 13.8 Å². The topological polar surface area (TPSA) is 70.7 Å². The third-order valence-electron chi connectivity index (χ3n) is 2.41. The smallest absolute Gasteiger partial charge is 0.225 e. The molecule has 0 aliphatic carbocycles. The van der Waals surface area contributed by atoms with Crippen molar-refractivity contribution in [3.05, 3.63) is 17.8 Å². The predicted molar refractivity (Wildman–Crippen MR) is 66.7 cm³/mol. The third-order valence-corrected chi connectivity index (χ3v) is 2.41. The maximum Gasteiger partial charge on any atom is 0.225 e. The van der Waals surface area contributed by atoms with Gasteiger partial charge in [0.2, 0.25) is 5.91 Å². The molecule has 0 radical (unpaired) electrons.